The summed E-state index contributed by atoms with van der Waals surface area (Å²) in [5, 5.41) is 0.656. The molecular weight excluding hydrogens is 364 g/mol. The van der Waals surface area contributed by atoms with Crippen LogP contribution in [0.4, 0.5) is 0 Å². The van der Waals surface area contributed by atoms with Crippen molar-refractivity contribution >= 4 is 27.9 Å². The first kappa shape index (κ1) is 18.6. The molecule has 0 saturated carbocycles. The molecule has 0 amide bonds. The van der Waals surface area contributed by atoms with Gasteiger partial charge in [-0.15, -0.1) is 0 Å². The van der Waals surface area contributed by atoms with Crippen molar-refractivity contribution in [2.75, 3.05) is 0 Å². The topological polar surface area (TPSA) is 26.3 Å². The molecule has 0 radical (unpaired) electrons. The van der Waals surface area contributed by atoms with E-state index >= 15 is 0 Å². The lowest BCUT2D eigenvalue weighted by atomic mass is 10.3. The minimum Gasteiger partial charge on any atom is -0.402 e. The number of rotatable bonds is 6. The number of hydrogen-bond donors (Lipinski definition) is 0. The molecule has 0 saturated heterocycles. The van der Waals surface area contributed by atoms with E-state index in [-0.39, 0.29) is 5.97 Å². The fourth-order valence-corrected chi connectivity index (χ4v) is 5.98. The summed E-state index contributed by atoms with van der Waals surface area (Å²) in [6, 6.07) is 27.5. The normalized spacial score (nSPS) is 11.8. The van der Waals surface area contributed by atoms with Crippen LogP contribution in [0.25, 0.3) is 0 Å². The molecule has 0 N–H and O–H groups in total. The molecule has 0 aliphatic carbocycles. The summed E-state index contributed by atoms with van der Waals surface area (Å²) in [4.78, 5) is 15.5. The molecule has 0 bridgehead atoms. The monoisotopic (exact) mass is 384 g/mol. The van der Waals surface area contributed by atoms with Gasteiger partial charge in [0.15, 0.2) is 0 Å². The molecule has 4 heteroatoms. The standard InChI is InChI=1S/C22H21ClO2S/c1-2-9-22(24)25-26(19-10-5-3-6-11-19,20-12-7-4-8-13-20)21-16-14-18(23)15-17-21/h3-8,10-17H,2,9H2,1H3. The summed E-state index contributed by atoms with van der Waals surface area (Å²) >= 11 is 6.11. The van der Waals surface area contributed by atoms with E-state index < -0.39 is 10.3 Å². The Balaban J connectivity index is 2.26. The first-order valence-electron chi connectivity index (χ1n) is 8.58. The van der Waals surface area contributed by atoms with Crippen molar-refractivity contribution < 1.29 is 8.98 Å². The largest absolute Gasteiger partial charge is 0.402 e. The van der Waals surface area contributed by atoms with E-state index in [4.69, 9.17) is 15.8 Å². The quantitative estimate of drug-likeness (QED) is 0.463. The molecule has 0 heterocycles. The Morgan fingerprint density at radius 3 is 1.73 bits per heavy atom. The van der Waals surface area contributed by atoms with Crippen molar-refractivity contribution in [1.29, 1.82) is 0 Å². The Morgan fingerprint density at radius 1 is 0.808 bits per heavy atom. The van der Waals surface area contributed by atoms with Crippen LogP contribution in [-0.4, -0.2) is 5.97 Å². The highest BCUT2D eigenvalue weighted by molar-refractivity contribution is 8.30. The second-order valence-corrected chi connectivity index (χ2v) is 8.97. The first-order chi connectivity index (χ1) is 12.7. The van der Waals surface area contributed by atoms with E-state index in [1.165, 1.54) is 0 Å². The molecule has 3 aromatic rings. The lowest BCUT2D eigenvalue weighted by molar-refractivity contribution is -0.133. The van der Waals surface area contributed by atoms with Crippen LogP contribution < -0.4 is 0 Å². The Hall–Kier alpha value is -2.23. The van der Waals surface area contributed by atoms with Crippen molar-refractivity contribution in [3.8, 4) is 0 Å². The third-order valence-corrected chi connectivity index (χ3v) is 7.46. The van der Waals surface area contributed by atoms with Gasteiger partial charge in [-0.1, -0.05) is 54.9 Å². The highest BCUT2D eigenvalue weighted by Crippen LogP contribution is 2.69. The predicted molar refractivity (Wildman–Crippen MR) is 108 cm³/mol. The van der Waals surface area contributed by atoms with Crippen molar-refractivity contribution in [2.24, 2.45) is 0 Å². The average Bonchev–Trinajstić information content (AvgIpc) is 2.68. The zero-order valence-corrected chi connectivity index (χ0v) is 16.2. The predicted octanol–water partition coefficient (Wildman–Crippen LogP) is 6.88. The Kier molecular flexibility index (Phi) is 6.02. The maximum atomic E-state index is 12.6. The lowest BCUT2D eigenvalue weighted by Crippen LogP contribution is -2.13. The van der Waals surface area contributed by atoms with Crippen LogP contribution >= 0.6 is 21.9 Å². The lowest BCUT2D eigenvalue weighted by Gasteiger charge is -2.39. The Bertz CT molecular complexity index is 809. The van der Waals surface area contributed by atoms with Gasteiger partial charge in [-0.25, -0.2) is 0 Å². The molecule has 26 heavy (non-hydrogen) atoms. The van der Waals surface area contributed by atoms with E-state index in [0.29, 0.717) is 11.4 Å². The molecule has 0 aromatic heterocycles. The van der Waals surface area contributed by atoms with Gasteiger partial charge < -0.3 is 4.18 Å². The van der Waals surface area contributed by atoms with Crippen molar-refractivity contribution in [3.63, 3.8) is 0 Å². The van der Waals surface area contributed by atoms with Gasteiger partial charge in [-0.2, -0.15) is 0 Å². The summed E-state index contributed by atoms with van der Waals surface area (Å²) in [5.74, 6) is -0.190. The Morgan fingerprint density at radius 2 is 1.27 bits per heavy atom. The number of hydrogen-bond acceptors (Lipinski definition) is 2. The van der Waals surface area contributed by atoms with Gasteiger partial charge in [0, 0.05) is 26.1 Å². The van der Waals surface area contributed by atoms with E-state index in [1.54, 1.807) is 0 Å². The second kappa shape index (κ2) is 8.43. The van der Waals surface area contributed by atoms with E-state index in [9.17, 15) is 4.79 Å². The zero-order valence-electron chi connectivity index (χ0n) is 14.6. The molecular formula is C22H21ClO2S. The van der Waals surface area contributed by atoms with Gasteiger partial charge >= 0.3 is 5.97 Å². The molecule has 0 spiro atoms. The smallest absolute Gasteiger partial charge is 0.317 e. The average molecular weight is 385 g/mol. The number of halogens is 1. The highest BCUT2D eigenvalue weighted by atomic mass is 35.5. The summed E-state index contributed by atoms with van der Waals surface area (Å²) in [7, 11) is -2.18. The van der Waals surface area contributed by atoms with Crippen LogP contribution in [0, 0.1) is 0 Å². The van der Waals surface area contributed by atoms with Crippen LogP contribution in [0.5, 0.6) is 0 Å². The maximum Gasteiger partial charge on any atom is 0.317 e. The van der Waals surface area contributed by atoms with Crippen LogP contribution in [-0.2, 0) is 8.98 Å². The van der Waals surface area contributed by atoms with E-state index in [1.807, 2.05) is 91.9 Å². The van der Waals surface area contributed by atoms with Gasteiger partial charge in [0.05, 0.1) is 0 Å². The minimum atomic E-state index is -2.18. The summed E-state index contributed by atoms with van der Waals surface area (Å²) in [5.41, 5.74) is 0. The van der Waals surface area contributed by atoms with E-state index in [2.05, 4.69) is 0 Å². The van der Waals surface area contributed by atoms with Gasteiger partial charge in [-0.05, 0) is 65.3 Å². The molecule has 0 aliphatic heterocycles. The molecule has 2 nitrogen and oxygen atoms in total. The van der Waals surface area contributed by atoms with Crippen LogP contribution in [0.3, 0.4) is 0 Å². The molecule has 0 atom stereocenters. The fraction of sp³-hybridized carbons (Fsp3) is 0.136. The summed E-state index contributed by atoms with van der Waals surface area (Å²) in [6.07, 6.45) is 1.14. The molecule has 0 aliphatic rings. The molecule has 134 valence electrons. The number of carbonyl (C=O) groups is 1. The molecule has 0 fully saturated rings. The van der Waals surface area contributed by atoms with Gasteiger partial charge in [0.2, 0.25) is 0 Å². The zero-order chi connectivity index (χ0) is 18.4. The van der Waals surface area contributed by atoms with Crippen LogP contribution in [0.2, 0.25) is 5.02 Å². The SMILES string of the molecule is CCCC(=O)OS(c1ccccc1)(c1ccccc1)c1ccc(Cl)cc1. The third-order valence-electron chi connectivity index (χ3n) is 3.97. The summed E-state index contributed by atoms with van der Waals surface area (Å²) in [6.45, 7) is 1.98. The molecule has 3 aromatic carbocycles. The highest BCUT2D eigenvalue weighted by Gasteiger charge is 2.35. The van der Waals surface area contributed by atoms with Gasteiger partial charge in [0.25, 0.3) is 0 Å². The van der Waals surface area contributed by atoms with Crippen molar-refractivity contribution in [1.82, 2.24) is 0 Å². The van der Waals surface area contributed by atoms with E-state index in [0.717, 1.165) is 21.1 Å². The van der Waals surface area contributed by atoms with Crippen LogP contribution in [0.15, 0.2) is 99.6 Å². The Labute approximate surface area is 161 Å². The third kappa shape index (κ3) is 3.79. The summed E-state index contributed by atoms with van der Waals surface area (Å²) < 4.78 is 6.28. The van der Waals surface area contributed by atoms with Crippen LogP contribution in [0.1, 0.15) is 19.8 Å². The molecule has 0 unspecified atom stereocenters. The number of carbonyl (C=O) groups excluding carboxylic acids is 1. The first-order valence-corrected chi connectivity index (χ1v) is 10.5. The number of benzene rings is 3. The van der Waals surface area contributed by atoms with Gasteiger partial charge in [0.1, 0.15) is 0 Å². The molecule has 3 rings (SSSR count). The minimum absolute atomic E-state index is 0.190. The maximum absolute atomic E-state index is 12.6. The second-order valence-electron chi connectivity index (χ2n) is 5.84. The fourth-order valence-electron chi connectivity index (χ4n) is 2.79. The van der Waals surface area contributed by atoms with Crippen molar-refractivity contribution in [3.05, 3.63) is 90.0 Å². The van der Waals surface area contributed by atoms with Crippen molar-refractivity contribution in [2.45, 2.75) is 34.5 Å². The van der Waals surface area contributed by atoms with Gasteiger partial charge in [-0.3, -0.25) is 4.79 Å².